The first kappa shape index (κ1) is 14.2. The molecular weight excluding hydrogens is 286 g/mol. The minimum absolute atomic E-state index is 0.0401. The van der Waals surface area contributed by atoms with Gasteiger partial charge in [-0.1, -0.05) is 11.4 Å². The topological polar surface area (TPSA) is 63.9 Å². The Labute approximate surface area is 128 Å². The molecule has 0 fully saturated rings. The molecule has 2 aromatic rings. The zero-order valence-corrected chi connectivity index (χ0v) is 13.1. The Kier molecular flexibility index (Phi) is 4.01. The Morgan fingerprint density at radius 2 is 2.43 bits per heavy atom. The van der Waals surface area contributed by atoms with E-state index in [0.29, 0.717) is 10.8 Å². The van der Waals surface area contributed by atoms with Crippen molar-refractivity contribution in [1.82, 2.24) is 24.0 Å². The molecule has 0 saturated carbocycles. The molecule has 0 aliphatic carbocycles. The Hall–Kier alpha value is -1.76. The molecule has 2 aromatic heterocycles. The smallest absolute Gasteiger partial charge is 0.267 e. The van der Waals surface area contributed by atoms with Crippen molar-refractivity contribution in [2.75, 3.05) is 13.6 Å². The number of carbonyl (C=O) groups is 1. The van der Waals surface area contributed by atoms with Crippen molar-refractivity contribution in [3.05, 3.63) is 28.8 Å². The van der Waals surface area contributed by atoms with Crippen LogP contribution in [0.5, 0.6) is 0 Å². The van der Waals surface area contributed by atoms with Crippen LogP contribution >= 0.6 is 11.5 Å². The van der Waals surface area contributed by atoms with E-state index in [1.54, 1.807) is 4.90 Å². The first-order valence-electron chi connectivity index (χ1n) is 7.25. The molecule has 3 rings (SSSR count). The molecule has 7 heteroatoms. The zero-order chi connectivity index (χ0) is 14.8. The van der Waals surface area contributed by atoms with Crippen LogP contribution in [0.2, 0.25) is 0 Å². The number of hydrogen-bond acceptors (Lipinski definition) is 5. The number of amides is 1. The predicted octanol–water partition coefficient (Wildman–Crippen LogP) is 1.63. The van der Waals surface area contributed by atoms with Gasteiger partial charge in [-0.05, 0) is 30.3 Å². The summed E-state index contributed by atoms with van der Waals surface area (Å²) in [5, 5.41) is 4.02. The number of aryl methyl sites for hydroxylation is 2. The van der Waals surface area contributed by atoms with E-state index in [0.717, 1.165) is 43.9 Å². The fourth-order valence-electron chi connectivity index (χ4n) is 2.83. The highest BCUT2D eigenvalue weighted by molar-refractivity contribution is 7.07. The lowest BCUT2D eigenvalue weighted by Gasteiger charge is -2.28. The number of hydrogen-bond donors (Lipinski definition) is 0. The Bertz CT molecular complexity index is 635. The highest BCUT2D eigenvalue weighted by Gasteiger charge is 2.24. The molecule has 1 aliphatic rings. The van der Waals surface area contributed by atoms with Gasteiger partial charge < -0.3 is 9.47 Å². The van der Waals surface area contributed by atoms with E-state index < -0.39 is 0 Å². The van der Waals surface area contributed by atoms with Crippen molar-refractivity contribution in [3.63, 3.8) is 0 Å². The Balaban J connectivity index is 1.64. The van der Waals surface area contributed by atoms with Gasteiger partial charge in [-0.15, -0.1) is 5.10 Å². The molecule has 0 saturated heterocycles. The summed E-state index contributed by atoms with van der Waals surface area (Å²) in [7, 11) is 1.87. The normalized spacial score (nSPS) is 17.5. The van der Waals surface area contributed by atoms with Crippen molar-refractivity contribution in [3.8, 4) is 0 Å². The standard InChI is InChI=1S/C14H19N5OS/c1-3-11-13(21-17-16-11)14(20)18(2)8-10-4-5-12-15-6-7-19(12)9-10/h6-7,10H,3-5,8-9H2,1-2H3/t10-/m0/s1. The van der Waals surface area contributed by atoms with Crippen molar-refractivity contribution in [2.24, 2.45) is 5.92 Å². The molecule has 0 bridgehead atoms. The summed E-state index contributed by atoms with van der Waals surface area (Å²) in [6.07, 6.45) is 6.68. The minimum atomic E-state index is 0.0401. The summed E-state index contributed by atoms with van der Waals surface area (Å²) in [6.45, 7) is 3.70. The average molecular weight is 305 g/mol. The molecule has 0 spiro atoms. The summed E-state index contributed by atoms with van der Waals surface area (Å²) in [5.41, 5.74) is 0.803. The van der Waals surface area contributed by atoms with Gasteiger partial charge in [0.25, 0.3) is 5.91 Å². The zero-order valence-electron chi connectivity index (χ0n) is 12.3. The first-order valence-corrected chi connectivity index (χ1v) is 8.03. The van der Waals surface area contributed by atoms with E-state index in [4.69, 9.17) is 0 Å². The van der Waals surface area contributed by atoms with Crippen LogP contribution in [0, 0.1) is 5.92 Å². The van der Waals surface area contributed by atoms with E-state index >= 15 is 0 Å². The summed E-state index contributed by atoms with van der Waals surface area (Å²) in [6, 6.07) is 0. The lowest BCUT2D eigenvalue weighted by atomic mass is 9.99. The van der Waals surface area contributed by atoms with E-state index in [1.807, 2.05) is 26.4 Å². The van der Waals surface area contributed by atoms with Crippen molar-refractivity contribution in [2.45, 2.75) is 32.7 Å². The SMILES string of the molecule is CCc1nnsc1C(=O)N(C)C[C@@H]1CCc2nccn2C1. The second kappa shape index (κ2) is 5.93. The van der Waals surface area contributed by atoms with Crippen LogP contribution in [-0.2, 0) is 19.4 Å². The van der Waals surface area contributed by atoms with Gasteiger partial charge in [-0.3, -0.25) is 4.79 Å². The van der Waals surface area contributed by atoms with Crippen LogP contribution in [0.4, 0.5) is 0 Å². The summed E-state index contributed by atoms with van der Waals surface area (Å²) in [4.78, 5) is 19.3. The second-order valence-corrected chi connectivity index (χ2v) is 6.24. The predicted molar refractivity (Wildman–Crippen MR) is 80.3 cm³/mol. The molecule has 21 heavy (non-hydrogen) atoms. The number of fused-ring (bicyclic) bond motifs is 1. The van der Waals surface area contributed by atoms with E-state index in [1.165, 1.54) is 11.5 Å². The number of rotatable bonds is 4. The van der Waals surface area contributed by atoms with Gasteiger partial charge >= 0.3 is 0 Å². The Morgan fingerprint density at radius 1 is 1.57 bits per heavy atom. The third kappa shape index (κ3) is 2.83. The van der Waals surface area contributed by atoms with Crippen molar-refractivity contribution >= 4 is 17.4 Å². The van der Waals surface area contributed by atoms with E-state index in [2.05, 4.69) is 19.1 Å². The lowest BCUT2D eigenvalue weighted by Crippen LogP contribution is -2.35. The molecule has 1 amide bonds. The van der Waals surface area contributed by atoms with Crippen molar-refractivity contribution < 1.29 is 4.79 Å². The molecule has 0 radical (unpaired) electrons. The Morgan fingerprint density at radius 3 is 3.24 bits per heavy atom. The maximum Gasteiger partial charge on any atom is 0.267 e. The van der Waals surface area contributed by atoms with Gasteiger partial charge in [0.2, 0.25) is 0 Å². The average Bonchev–Trinajstić information content (AvgIpc) is 3.14. The second-order valence-electron chi connectivity index (χ2n) is 5.49. The molecule has 0 unspecified atom stereocenters. The summed E-state index contributed by atoms with van der Waals surface area (Å²) >= 11 is 1.20. The van der Waals surface area contributed by atoms with Gasteiger partial charge in [0, 0.05) is 39.0 Å². The highest BCUT2D eigenvalue weighted by atomic mass is 32.1. The van der Waals surface area contributed by atoms with Crippen molar-refractivity contribution in [1.29, 1.82) is 0 Å². The first-order chi connectivity index (χ1) is 10.2. The van der Waals surface area contributed by atoms with Gasteiger partial charge in [0.1, 0.15) is 10.7 Å². The van der Waals surface area contributed by atoms with E-state index in [-0.39, 0.29) is 5.91 Å². The summed E-state index contributed by atoms with van der Waals surface area (Å²) in [5.74, 6) is 1.67. The maximum absolute atomic E-state index is 12.5. The number of nitrogens with zero attached hydrogens (tertiary/aromatic N) is 5. The molecule has 3 heterocycles. The lowest BCUT2D eigenvalue weighted by molar-refractivity contribution is 0.0764. The van der Waals surface area contributed by atoms with Crippen LogP contribution in [-0.4, -0.2) is 43.5 Å². The van der Waals surface area contributed by atoms with Crippen LogP contribution in [0.1, 0.15) is 34.5 Å². The van der Waals surface area contributed by atoms with Crippen LogP contribution in [0.15, 0.2) is 12.4 Å². The van der Waals surface area contributed by atoms with Crippen LogP contribution in [0.3, 0.4) is 0 Å². The quantitative estimate of drug-likeness (QED) is 0.861. The van der Waals surface area contributed by atoms with Gasteiger partial charge in [-0.2, -0.15) is 0 Å². The monoisotopic (exact) mass is 305 g/mol. The number of aromatic nitrogens is 4. The maximum atomic E-state index is 12.5. The molecule has 112 valence electrons. The number of imidazole rings is 1. The fourth-order valence-corrected chi connectivity index (χ4v) is 3.58. The van der Waals surface area contributed by atoms with Gasteiger partial charge in [0.05, 0.1) is 5.69 Å². The molecule has 1 aliphatic heterocycles. The van der Waals surface area contributed by atoms with Gasteiger partial charge in [0.15, 0.2) is 0 Å². The molecule has 0 N–H and O–H groups in total. The fraction of sp³-hybridized carbons (Fsp3) is 0.571. The largest absolute Gasteiger partial charge is 0.341 e. The third-order valence-corrected chi connectivity index (χ3v) is 4.75. The summed E-state index contributed by atoms with van der Waals surface area (Å²) < 4.78 is 6.09. The highest BCUT2D eigenvalue weighted by Crippen LogP contribution is 2.21. The molecule has 0 aromatic carbocycles. The van der Waals surface area contributed by atoms with Crippen LogP contribution in [0.25, 0.3) is 0 Å². The third-order valence-electron chi connectivity index (χ3n) is 4.00. The molecule has 6 nitrogen and oxygen atoms in total. The van der Waals surface area contributed by atoms with E-state index in [9.17, 15) is 4.79 Å². The minimum Gasteiger partial charge on any atom is -0.341 e. The van der Waals surface area contributed by atoms with Gasteiger partial charge in [-0.25, -0.2) is 4.98 Å². The number of carbonyl (C=O) groups excluding carboxylic acids is 1. The molecular formula is C14H19N5OS. The van der Waals surface area contributed by atoms with Crippen LogP contribution < -0.4 is 0 Å². The molecule has 1 atom stereocenters.